The maximum absolute atomic E-state index is 10.3. The predicted octanol–water partition coefficient (Wildman–Crippen LogP) is -0.160. The van der Waals surface area contributed by atoms with Crippen molar-refractivity contribution in [3.8, 4) is 0 Å². The molecule has 1 aliphatic heterocycles. The maximum atomic E-state index is 10.3. The Balaban J connectivity index is 2.08. The van der Waals surface area contributed by atoms with E-state index in [-0.39, 0.29) is 5.41 Å². The van der Waals surface area contributed by atoms with Crippen LogP contribution in [0.25, 0.3) is 0 Å². The van der Waals surface area contributed by atoms with Gasteiger partial charge < -0.3 is 16.2 Å². The number of nitrogens with two attached hydrogens (primary N) is 1. The summed E-state index contributed by atoms with van der Waals surface area (Å²) in [5.74, 6) is 0. The molecule has 1 saturated carbocycles. The van der Waals surface area contributed by atoms with E-state index in [1.165, 1.54) is 0 Å². The van der Waals surface area contributed by atoms with Crippen LogP contribution in [0.15, 0.2) is 0 Å². The zero-order chi connectivity index (χ0) is 8.66. The van der Waals surface area contributed by atoms with E-state index in [0.29, 0.717) is 6.54 Å². The summed E-state index contributed by atoms with van der Waals surface area (Å²) >= 11 is 0. The van der Waals surface area contributed by atoms with Crippen molar-refractivity contribution in [1.82, 2.24) is 5.32 Å². The Morgan fingerprint density at radius 1 is 1.33 bits per heavy atom. The van der Waals surface area contributed by atoms with E-state index < -0.39 is 5.60 Å². The summed E-state index contributed by atoms with van der Waals surface area (Å²) in [6, 6.07) is 0. The van der Waals surface area contributed by atoms with E-state index in [1.54, 1.807) is 0 Å². The highest BCUT2D eigenvalue weighted by Gasteiger charge is 2.57. The zero-order valence-corrected chi connectivity index (χ0v) is 7.47. The van der Waals surface area contributed by atoms with Crippen LogP contribution in [0.5, 0.6) is 0 Å². The molecule has 2 aliphatic rings. The first kappa shape index (κ1) is 8.48. The third-order valence-corrected chi connectivity index (χ3v) is 3.59. The van der Waals surface area contributed by atoms with Gasteiger partial charge in [0.25, 0.3) is 0 Å². The monoisotopic (exact) mass is 170 g/mol. The second-order valence-corrected chi connectivity index (χ2v) is 4.30. The summed E-state index contributed by atoms with van der Waals surface area (Å²) in [6.07, 6.45) is 4.23. The van der Waals surface area contributed by atoms with Crippen LogP contribution >= 0.6 is 0 Å². The molecular weight excluding hydrogens is 152 g/mol. The molecular formula is C9H18N2O. The van der Waals surface area contributed by atoms with Gasteiger partial charge in [-0.2, -0.15) is 0 Å². The Bertz CT molecular complexity index is 171. The highest BCUT2D eigenvalue weighted by atomic mass is 16.3. The van der Waals surface area contributed by atoms with Gasteiger partial charge in [-0.15, -0.1) is 0 Å². The third kappa shape index (κ3) is 1.08. The number of hydrogen-bond donors (Lipinski definition) is 3. The number of hydrogen-bond acceptors (Lipinski definition) is 3. The summed E-state index contributed by atoms with van der Waals surface area (Å²) in [7, 11) is 0. The Kier molecular flexibility index (Phi) is 1.90. The molecule has 2 fully saturated rings. The molecule has 0 aromatic heterocycles. The van der Waals surface area contributed by atoms with Crippen molar-refractivity contribution in [3.05, 3.63) is 0 Å². The molecule has 1 saturated heterocycles. The molecule has 0 aromatic rings. The van der Waals surface area contributed by atoms with Gasteiger partial charge in [-0.1, -0.05) is 0 Å². The molecule has 0 radical (unpaired) electrons. The van der Waals surface area contributed by atoms with Crippen LogP contribution in [0, 0.1) is 5.41 Å². The van der Waals surface area contributed by atoms with E-state index in [2.05, 4.69) is 5.32 Å². The number of aliphatic hydroxyl groups is 1. The first-order chi connectivity index (χ1) is 5.72. The topological polar surface area (TPSA) is 58.3 Å². The Morgan fingerprint density at radius 2 is 2.08 bits per heavy atom. The van der Waals surface area contributed by atoms with Crippen LogP contribution in [0.4, 0.5) is 0 Å². The number of β-amino-alcohol motifs (C(OH)–C–C–N with tert-alkyl or cyclic N) is 1. The normalized spacial score (nSPS) is 39.5. The molecule has 3 heteroatoms. The molecule has 0 amide bonds. The number of piperidine rings is 1. The fourth-order valence-electron chi connectivity index (χ4n) is 2.35. The second-order valence-electron chi connectivity index (χ2n) is 4.30. The van der Waals surface area contributed by atoms with Gasteiger partial charge in [0.15, 0.2) is 0 Å². The largest absolute Gasteiger partial charge is 0.388 e. The van der Waals surface area contributed by atoms with Crippen molar-refractivity contribution in [3.63, 3.8) is 0 Å². The predicted molar refractivity (Wildman–Crippen MR) is 47.8 cm³/mol. The molecule has 1 aliphatic carbocycles. The molecule has 1 atom stereocenters. The molecule has 4 N–H and O–H groups in total. The Labute approximate surface area is 73.3 Å². The molecule has 1 unspecified atom stereocenters. The number of rotatable bonds is 2. The minimum atomic E-state index is -0.500. The van der Waals surface area contributed by atoms with Crippen molar-refractivity contribution in [2.45, 2.75) is 31.3 Å². The van der Waals surface area contributed by atoms with E-state index in [0.717, 1.165) is 38.8 Å². The van der Waals surface area contributed by atoms with Crippen LogP contribution in [0.1, 0.15) is 25.7 Å². The second kappa shape index (κ2) is 2.69. The third-order valence-electron chi connectivity index (χ3n) is 3.59. The summed E-state index contributed by atoms with van der Waals surface area (Å²) in [5.41, 5.74) is 5.27. The van der Waals surface area contributed by atoms with Crippen LogP contribution in [0.3, 0.4) is 0 Å². The highest BCUT2D eigenvalue weighted by Crippen LogP contribution is 2.55. The minimum absolute atomic E-state index is 0.0699. The summed E-state index contributed by atoms with van der Waals surface area (Å²) in [4.78, 5) is 0. The van der Waals surface area contributed by atoms with E-state index in [4.69, 9.17) is 5.73 Å². The van der Waals surface area contributed by atoms with Crippen LogP contribution in [0.2, 0.25) is 0 Å². The van der Waals surface area contributed by atoms with Gasteiger partial charge in [-0.25, -0.2) is 0 Å². The van der Waals surface area contributed by atoms with Crippen molar-refractivity contribution in [2.24, 2.45) is 11.1 Å². The average Bonchev–Trinajstić information content (AvgIpc) is 2.86. The lowest BCUT2D eigenvalue weighted by molar-refractivity contribution is -0.0475. The van der Waals surface area contributed by atoms with E-state index in [9.17, 15) is 5.11 Å². The highest BCUT2D eigenvalue weighted by molar-refractivity contribution is 5.10. The zero-order valence-electron chi connectivity index (χ0n) is 7.47. The minimum Gasteiger partial charge on any atom is -0.388 e. The molecule has 12 heavy (non-hydrogen) atoms. The fraction of sp³-hybridized carbons (Fsp3) is 1.00. The van der Waals surface area contributed by atoms with Crippen molar-refractivity contribution < 1.29 is 5.11 Å². The van der Waals surface area contributed by atoms with Gasteiger partial charge >= 0.3 is 0 Å². The van der Waals surface area contributed by atoms with Gasteiger partial charge in [-0.3, -0.25) is 0 Å². The fourth-order valence-corrected chi connectivity index (χ4v) is 2.35. The van der Waals surface area contributed by atoms with Gasteiger partial charge in [0, 0.05) is 18.5 Å². The van der Waals surface area contributed by atoms with Gasteiger partial charge in [0.2, 0.25) is 0 Å². The summed E-state index contributed by atoms with van der Waals surface area (Å²) in [6.45, 7) is 2.43. The first-order valence-electron chi connectivity index (χ1n) is 4.86. The van der Waals surface area contributed by atoms with Crippen molar-refractivity contribution in [1.29, 1.82) is 0 Å². The standard InChI is InChI=1S/C9H18N2O/c10-6-8(3-4-8)9(12)2-1-5-11-7-9/h11-12H,1-7,10H2. The van der Waals surface area contributed by atoms with E-state index in [1.807, 2.05) is 0 Å². The van der Waals surface area contributed by atoms with Gasteiger partial charge in [0.1, 0.15) is 0 Å². The lowest BCUT2D eigenvalue weighted by Gasteiger charge is -2.39. The number of nitrogens with one attached hydrogen (secondary N) is 1. The lowest BCUT2D eigenvalue weighted by Crippen LogP contribution is -2.54. The van der Waals surface area contributed by atoms with Crippen LogP contribution in [-0.2, 0) is 0 Å². The SMILES string of the molecule is NCC1(C2(O)CCCNC2)CC1. The molecule has 0 aromatic carbocycles. The lowest BCUT2D eigenvalue weighted by atomic mass is 9.78. The quantitative estimate of drug-likeness (QED) is 0.540. The Morgan fingerprint density at radius 3 is 2.50 bits per heavy atom. The van der Waals surface area contributed by atoms with Crippen molar-refractivity contribution >= 4 is 0 Å². The maximum Gasteiger partial charge on any atom is 0.0839 e. The Hall–Kier alpha value is -0.120. The first-order valence-corrected chi connectivity index (χ1v) is 4.86. The van der Waals surface area contributed by atoms with E-state index >= 15 is 0 Å². The smallest absolute Gasteiger partial charge is 0.0839 e. The molecule has 1 heterocycles. The molecule has 70 valence electrons. The van der Waals surface area contributed by atoms with Crippen LogP contribution < -0.4 is 11.1 Å². The van der Waals surface area contributed by atoms with Crippen LogP contribution in [-0.4, -0.2) is 30.3 Å². The van der Waals surface area contributed by atoms with Gasteiger partial charge in [0.05, 0.1) is 5.60 Å². The molecule has 2 rings (SSSR count). The molecule has 0 bridgehead atoms. The molecule has 3 nitrogen and oxygen atoms in total. The average molecular weight is 170 g/mol. The van der Waals surface area contributed by atoms with Crippen molar-refractivity contribution in [2.75, 3.05) is 19.6 Å². The molecule has 0 spiro atoms. The summed E-state index contributed by atoms with van der Waals surface area (Å²) in [5, 5.41) is 13.6. The van der Waals surface area contributed by atoms with Gasteiger partial charge in [-0.05, 0) is 32.2 Å². The summed E-state index contributed by atoms with van der Waals surface area (Å²) < 4.78 is 0.